The normalized spacial score (nSPS) is 15.2. The molecule has 1 heterocycles. The third kappa shape index (κ3) is 2.78. The lowest BCUT2D eigenvalue weighted by molar-refractivity contribution is -0.139. The van der Waals surface area contributed by atoms with Crippen LogP contribution in [0.5, 0.6) is 0 Å². The second kappa shape index (κ2) is 4.34. The molecule has 0 saturated heterocycles. The summed E-state index contributed by atoms with van der Waals surface area (Å²) in [5, 5.41) is 13.5. The van der Waals surface area contributed by atoms with Gasteiger partial charge in [-0.2, -0.15) is 0 Å². The van der Waals surface area contributed by atoms with Crippen LogP contribution in [0.25, 0.3) is 0 Å². The van der Waals surface area contributed by atoms with Crippen molar-refractivity contribution >= 4 is 17.3 Å². The Hall–Kier alpha value is -0.940. The van der Waals surface area contributed by atoms with Crippen molar-refractivity contribution < 1.29 is 9.90 Å². The number of hydrogen-bond donors (Lipinski definition) is 2. The molecule has 0 aliphatic carbocycles. The molecule has 2 atom stereocenters. The number of nitrogens with one attached hydrogen (secondary N) is 1. The maximum Gasteiger partial charge on any atom is 0.320 e. The van der Waals surface area contributed by atoms with Gasteiger partial charge in [0.15, 0.2) is 0 Å². The van der Waals surface area contributed by atoms with Gasteiger partial charge in [-0.15, -0.1) is 11.3 Å². The van der Waals surface area contributed by atoms with Crippen molar-refractivity contribution in [2.45, 2.75) is 25.9 Å². The van der Waals surface area contributed by atoms with E-state index in [9.17, 15) is 4.79 Å². The molecular formula is C8H12N2O2S. The summed E-state index contributed by atoms with van der Waals surface area (Å²) in [5.41, 5.74) is 2.62. The van der Waals surface area contributed by atoms with E-state index in [4.69, 9.17) is 5.11 Å². The highest BCUT2D eigenvalue weighted by Crippen LogP contribution is 2.12. The molecule has 0 amide bonds. The van der Waals surface area contributed by atoms with E-state index in [0.717, 1.165) is 5.69 Å². The average molecular weight is 200 g/mol. The first kappa shape index (κ1) is 10.1. The summed E-state index contributed by atoms with van der Waals surface area (Å²) in [5.74, 6) is -0.845. The molecule has 2 N–H and O–H groups in total. The fourth-order valence-corrected chi connectivity index (χ4v) is 1.62. The van der Waals surface area contributed by atoms with Gasteiger partial charge in [0.05, 0.1) is 11.2 Å². The van der Waals surface area contributed by atoms with Crippen LogP contribution in [-0.2, 0) is 4.79 Å². The van der Waals surface area contributed by atoms with Crippen molar-refractivity contribution in [1.29, 1.82) is 0 Å². The van der Waals surface area contributed by atoms with E-state index in [1.165, 1.54) is 11.3 Å². The van der Waals surface area contributed by atoms with Gasteiger partial charge in [0.1, 0.15) is 6.04 Å². The van der Waals surface area contributed by atoms with E-state index >= 15 is 0 Å². The van der Waals surface area contributed by atoms with E-state index in [0.29, 0.717) is 0 Å². The summed E-state index contributed by atoms with van der Waals surface area (Å²) >= 11 is 1.50. The number of thiazole rings is 1. The molecule has 0 saturated carbocycles. The lowest BCUT2D eigenvalue weighted by atomic mass is 10.2. The van der Waals surface area contributed by atoms with Gasteiger partial charge in [0.25, 0.3) is 0 Å². The minimum atomic E-state index is -0.845. The molecule has 5 heteroatoms. The Morgan fingerprint density at radius 2 is 2.38 bits per heavy atom. The largest absolute Gasteiger partial charge is 0.480 e. The standard InChI is InChI=1S/C8H12N2O2S/c1-5(7-3-13-4-9-7)10-6(2)8(11)12/h3-6,10H,1-2H3,(H,11,12). The molecule has 72 valence electrons. The van der Waals surface area contributed by atoms with Crippen LogP contribution in [0.15, 0.2) is 10.9 Å². The fourth-order valence-electron chi connectivity index (χ4n) is 0.967. The first-order valence-corrected chi connectivity index (χ1v) is 4.92. The molecule has 4 nitrogen and oxygen atoms in total. The zero-order chi connectivity index (χ0) is 9.84. The molecule has 1 aromatic rings. The third-order valence-corrected chi connectivity index (χ3v) is 2.37. The fraction of sp³-hybridized carbons (Fsp3) is 0.500. The Kier molecular flexibility index (Phi) is 3.39. The van der Waals surface area contributed by atoms with E-state index in [-0.39, 0.29) is 6.04 Å². The lowest BCUT2D eigenvalue weighted by Gasteiger charge is -2.14. The quantitative estimate of drug-likeness (QED) is 0.768. The van der Waals surface area contributed by atoms with Crippen molar-refractivity contribution in [3.63, 3.8) is 0 Å². The Morgan fingerprint density at radius 3 is 2.85 bits per heavy atom. The number of carboxylic acid groups (broad SMARTS) is 1. The van der Waals surface area contributed by atoms with Gasteiger partial charge in [-0.25, -0.2) is 4.98 Å². The van der Waals surface area contributed by atoms with Gasteiger partial charge < -0.3 is 5.11 Å². The first-order valence-electron chi connectivity index (χ1n) is 3.98. The maximum absolute atomic E-state index is 10.5. The SMILES string of the molecule is CC(NC(C)c1cscn1)C(=O)O. The van der Waals surface area contributed by atoms with Crippen molar-refractivity contribution in [1.82, 2.24) is 10.3 Å². The Morgan fingerprint density at radius 1 is 1.69 bits per heavy atom. The molecule has 2 unspecified atom stereocenters. The number of carbonyl (C=O) groups is 1. The number of nitrogens with zero attached hydrogens (tertiary/aromatic N) is 1. The Balaban J connectivity index is 2.51. The van der Waals surface area contributed by atoms with E-state index < -0.39 is 12.0 Å². The summed E-state index contributed by atoms with van der Waals surface area (Å²) in [4.78, 5) is 14.6. The summed E-state index contributed by atoms with van der Waals surface area (Å²) in [7, 11) is 0. The third-order valence-electron chi connectivity index (χ3n) is 1.77. The first-order chi connectivity index (χ1) is 6.11. The highest BCUT2D eigenvalue weighted by molar-refractivity contribution is 7.07. The molecule has 0 aromatic carbocycles. The Labute approximate surface area is 80.6 Å². The van der Waals surface area contributed by atoms with Gasteiger partial charge in [-0.05, 0) is 13.8 Å². The molecule has 0 spiro atoms. The number of aliphatic carboxylic acids is 1. The smallest absolute Gasteiger partial charge is 0.320 e. The van der Waals surface area contributed by atoms with E-state index in [1.807, 2.05) is 12.3 Å². The van der Waals surface area contributed by atoms with Gasteiger partial charge >= 0.3 is 5.97 Å². The van der Waals surface area contributed by atoms with Crippen molar-refractivity contribution in [2.24, 2.45) is 0 Å². The number of hydrogen-bond acceptors (Lipinski definition) is 4. The predicted molar refractivity (Wildman–Crippen MR) is 50.8 cm³/mol. The molecule has 0 aliphatic heterocycles. The van der Waals surface area contributed by atoms with Crippen LogP contribution >= 0.6 is 11.3 Å². The zero-order valence-corrected chi connectivity index (χ0v) is 8.34. The van der Waals surface area contributed by atoms with E-state index in [1.54, 1.807) is 12.4 Å². The topological polar surface area (TPSA) is 62.2 Å². The average Bonchev–Trinajstić information content (AvgIpc) is 2.55. The van der Waals surface area contributed by atoms with Crippen molar-refractivity contribution in [3.8, 4) is 0 Å². The molecule has 0 aliphatic rings. The highest BCUT2D eigenvalue weighted by Gasteiger charge is 2.15. The molecule has 1 aromatic heterocycles. The minimum absolute atomic E-state index is 0.0163. The summed E-state index contributed by atoms with van der Waals surface area (Å²) in [6.07, 6.45) is 0. The Bertz CT molecular complexity index is 274. The van der Waals surface area contributed by atoms with Gasteiger partial charge in [-0.3, -0.25) is 10.1 Å². The second-order valence-electron chi connectivity index (χ2n) is 2.86. The van der Waals surface area contributed by atoms with Crippen LogP contribution < -0.4 is 5.32 Å². The van der Waals surface area contributed by atoms with E-state index in [2.05, 4.69) is 10.3 Å². The van der Waals surface area contributed by atoms with Crippen molar-refractivity contribution in [2.75, 3.05) is 0 Å². The summed E-state index contributed by atoms with van der Waals surface area (Å²) < 4.78 is 0. The minimum Gasteiger partial charge on any atom is -0.480 e. The number of rotatable bonds is 4. The van der Waals surface area contributed by atoms with Crippen LogP contribution in [0.4, 0.5) is 0 Å². The monoisotopic (exact) mass is 200 g/mol. The summed E-state index contributed by atoms with van der Waals surface area (Å²) in [6, 6.07) is -0.561. The number of carboxylic acids is 1. The summed E-state index contributed by atoms with van der Waals surface area (Å²) in [6.45, 7) is 3.51. The van der Waals surface area contributed by atoms with Crippen LogP contribution in [0.3, 0.4) is 0 Å². The lowest BCUT2D eigenvalue weighted by Crippen LogP contribution is -2.35. The van der Waals surface area contributed by atoms with Crippen LogP contribution in [-0.4, -0.2) is 22.1 Å². The van der Waals surface area contributed by atoms with Crippen LogP contribution in [0.2, 0.25) is 0 Å². The molecule has 13 heavy (non-hydrogen) atoms. The zero-order valence-electron chi connectivity index (χ0n) is 7.52. The maximum atomic E-state index is 10.5. The van der Waals surface area contributed by atoms with Gasteiger partial charge in [-0.1, -0.05) is 0 Å². The molecule has 0 radical (unpaired) electrons. The molecular weight excluding hydrogens is 188 g/mol. The molecule has 0 bridgehead atoms. The molecule has 1 rings (SSSR count). The van der Waals surface area contributed by atoms with Crippen LogP contribution in [0.1, 0.15) is 25.6 Å². The van der Waals surface area contributed by atoms with Gasteiger partial charge in [0, 0.05) is 11.4 Å². The van der Waals surface area contributed by atoms with Crippen molar-refractivity contribution in [3.05, 3.63) is 16.6 Å². The number of aromatic nitrogens is 1. The van der Waals surface area contributed by atoms with Crippen LogP contribution in [0, 0.1) is 0 Å². The molecule has 0 fully saturated rings. The highest BCUT2D eigenvalue weighted by atomic mass is 32.1. The second-order valence-corrected chi connectivity index (χ2v) is 3.58. The predicted octanol–water partition coefficient (Wildman–Crippen LogP) is 1.27. The van der Waals surface area contributed by atoms with Gasteiger partial charge in [0.2, 0.25) is 0 Å².